The zero-order valence-corrected chi connectivity index (χ0v) is 40.3. The first-order valence-electron chi connectivity index (χ1n) is 21.1. The van der Waals surface area contributed by atoms with Crippen molar-refractivity contribution in [3.63, 3.8) is 0 Å². The van der Waals surface area contributed by atoms with E-state index >= 15 is 0 Å². The zero-order valence-electron chi connectivity index (χ0n) is 35.8. The second-order valence-corrected chi connectivity index (χ2v) is 18.0. The second-order valence-electron chi connectivity index (χ2n) is 15.6. The van der Waals surface area contributed by atoms with Crippen LogP contribution in [-0.2, 0) is 25.3 Å². The van der Waals surface area contributed by atoms with Gasteiger partial charge in [-0.1, -0.05) is 167 Å². The Morgan fingerprint density at radius 1 is 0.449 bits per heavy atom. The van der Waals surface area contributed by atoms with Gasteiger partial charge in [-0.15, -0.1) is 0 Å². The Hall–Kier alpha value is -5.76. The standard InChI is InChI=1S/C52H36Cl6F2N2O7/c53-39-19-7-1-13-31(39)35-29-51(61(63)64,37-17-5-11-23-43(37)57)49(67-27-25-59)45(33-15-3-9-21-41(33)55)47(35)69-48-36(32-14-2-8-20-40(32)54)30-52(62(65)66,38-18-6-12-24-44(38)58)50(68-28-26-60)46(48)34-16-4-10-22-42(34)56/h1-24,29-30,47-48H,25-28H2. The summed E-state index contributed by atoms with van der Waals surface area (Å²) in [6.07, 6.45) is -0.566. The number of hydrogen-bond donors (Lipinski definition) is 0. The first-order valence-corrected chi connectivity index (χ1v) is 23.3. The van der Waals surface area contributed by atoms with E-state index in [2.05, 4.69) is 0 Å². The quantitative estimate of drug-likeness (QED) is 0.0700. The average Bonchev–Trinajstić information content (AvgIpc) is 3.34. The van der Waals surface area contributed by atoms with Crippen molar-refractivity contribution >= 4 is 91.9 Å². The molecule has 0 heterocycles. The molecule has 2 aliphatic rings. The van der Waals surface area contributed by atoms with Crippen molar-refractivity contribution in [1.82, 2.24) is 0 Å². The van der Waals surface area contributed by atoms with Crippen molar-refractivity contribution in [3.8, 4) is 0 Å². The van der Waals surface area contributed by atoms with Crippen molar-refractivity contribution in [3.05, 3.63) is 253 Å². The number of ether oxygens (including phenoxy) is 3. The van der Waals surface area contributed by atoms with Crippen LogP contribution in [0.3, 0.4) is 0 Å². The molecule has 0 radical (unpaired) electrons. The second kappa shape index (κ2) is 21.1. The molecule has 9 nitrogen and oxygen atoms in total. The van der Waals surface area contributed by atoms with Gasteiger partial charge in [-0.25, -0.2) is 8.78 Å². The van der Waals surface area contributed by atoms with Crippen LogP contribution in [0.5, 0.6) is 0 Å². The number of benzene rings is 6. The summed E-state index contributed by atoms with van der Waals surface area (Å²) in [5.74, 6) is -0.835. The van der Waals surface area contributed by atoms with Gasteiger partial charge in [-0.05, 0) is 70.8 Å². The van der Waals surface area contributed by atoms with Gasteiger partial charge in [0.25, 0.3) is 0 Å². The normalized spacial score (nSPS) is 20.3. The molecular weight excluding hydrogens is 1020 g/mol. The number of hydrogen-bond acceptors (Lipinski definition) is 7. The molecule has 0 aromatic heterocycles. The van der Waals surface area contributed by atoms with E-state index in [1.807, 2.05) is 0 Å². The number of nitrogens with zero attached hydrogens (tertiary/aromatic N) is 2. The molecule has 0 bridgehead atoms. The maximum absolute atomic E-state index is 14.6. The molecule has 0 amide bonds. The van der Waals surface area contributed by atoms with Crippen LogP contribution in [0.1, 0.15) is 33.4 Å². The summed E-state index contributed by atoms with van der Waals surface area (Å²) in [6.45, 7) is -3.50. The summed E-state index contributed by atoms with van der Waals surface area (Å²) >= 11 is 42.1. The first-order chi connectivity index (χ1) is 33.3. The SMILES string of the molecule is O=[N+]([O-])C1(c2ccccc2Cl)C=C(c2ccccc2Cl)C(OC2C(c3ccccc3Cl)=CC(c3ccccc3Cl)([N+](=O)[O-])C(OCCF)=C2c2ccccc2Cl)C(c2ccccc2Cl)=C1OCCF. The fourth-order valence-electron chi connectivity index (χ4n) is 8.89. The summed E-state index contributed by atoms with van der Waals surface area (Å²) in [7, 11) is 0. The molecule has 0 spiro atoms. The van der Waals surface area contributed by atoms with E-state index in [-0.39, 0.29) is 85.8 Å². The van der Waals surface area contributed by atoms with Crippen molar-refractivity contribution in [2.45, 2.75) is 23.3 Å². The lowest BCUT2D eigenvalue weighted by Crippen LogP contribution is -2.45. The molecule has 2 aliphatic carbocycles. The summed E-state index contributed by atoms with van der Waals surface area (Å²) < 4.78 is 49.3. The maximum atomic E-state index is 14.6. The Morgan fingerprint density at radius 3 is 1.03 bits per heavy atom. The fraction of sp³-hybridized carbons (Fsp3) is 0.154. The van der Waals surface area contributed by atoms with Gasteiger partial charge < -0.3 is 14.2 Å². The van der Waals surface area contributed by atoms with Gasteiger partial charge in [0.2, 0.25) is 0 Å². The molecule has 0 fully saturated rings. The fourth-order valence-corrected chi connectivity index (χ4v) is 10.4. The topological polar surface area (TPSA) is 114 Å². The third-order valence-electron chi connectivity index (χ3n) is 11.8. The van der Waals surface area contributed by atoms with E-state index in [0.717, 1.165) is 0 Å². The molecule has 0 saturated carbocycles. The van der Waals surface area contributed by atoms with E-state index < -0.39 is 71.2 Å². The minimum absolute atomic E-state index is 0.0336. The molecule has 0 saturated heterocycles. The molecule has 6 aromatic rings. The molecule has 0 N–H and O–H groups in total. The van der Waals surface area contributed by atoms with Crippen LogP contribution in [0.4, 0.5) is 8.78 Å². The van der Waals surface area contributed by atoms with Gasteiger partial charge in [0.1, 0.15) is 38.8 Å². The Kier molecular flexibility index (Phi) is 15.2. The third kappa shape index (κ3) is 9.02. The van der Waals surface area contributed by atoms with E-state index in [1.165, 1.54) is 36.4 Å². The largest absolute Gasteiger partial charge is 0.487 e. The van der Waals surface area contributed by atoms with Crippen molar-refractivity contribution in [2.75, 3.05) is 26.6 Å². The van der Waals surface area contributed by atoms with Crippen LogP contribution in [0.25, 0.3) is 22.3 Å². The van der Waals surface area contributed by atoms with E-state index in [1.54, 1.807) is 121 Å². The van der Waals surface area contributed by atoms with Gasteiger partial charge in [0.15, 0.2) is 11.5 Å². The Morgan fingerprint density at radius 2 is 0.739 bits per heavy atom. The smallest absolute Gasteiger partial charge is 0.323 e. The maximum Gasteiger partial charge on any atom is 0.323 e. The van der Waals surface area contributed by atoms with Crippen LogP contribution in [0.2, 0.25) is 30.1 Å². The summed E-state index contributed by atoms with van der Waals surface area (Å²) in [4.78, 5) is 27.3. The Balaban J connectivity index is 1.58. The number of halogens is 8. The highest BCUT2D eigenvalue weighted by atomic mass is 35.5. The van der Waals surface area contributed by atoms with Gasteiger partial charge >= 0.3 is 11.1 Å². The number of rotatable bonds is 16. The molecule has 352 valence electrons. The van der Waals surface area contributed by atoms with Gasteiger partial charge in [-0.3, -0.25) is 20.2 Å². The van der Waals surface area contributed by atoms with Crippen molar-refractivity contribution in [1.29, 1.82) is 0 Å². The average molecular weight is 1050 g/mol. The molecule has 0 aliphatic heterocycles. The predicted octanol–water partition coefficient (Wildman–Crippen LogP) is 15.0. The lowest BCUT2D eigenvalue weighted by molar-refractivity contribution is -0.557. The first kappa shape index (κ1) is 49.7. The Bertz CT molecular complexity index is 2910. The lowest BCUT2D eigenvalue weighted by Gasteiger charge is -2.42. The Labute approximate surface area is 425 Å². The molecule has 4 unspecified atom stereocenters. The monoisotopic (exact) mass is 1050 g/mol. The molecule has 17 heteroatoms. The van der Waals surface area contributed by atoms with Crippen molar-refractivity contribution < 1.29 is 32.8 Å². The lowest BCUT2D eigenvalue weighted by atomic mass is 9.72. The highest BCUT2D eigenvalue weighted by molar-refractivity contribution is 6.35. The van der Waals surface area contributed by atoms with Crippen LogP contribution in [-0.4, -0.2) is 48.6 Å². The number of nitro groups is 2. The van der Waals surface area contributed by atoms with Gasteiger partial charge in [-0.2, -0.15) is 0 Å². The zero-order chi connectivity index (χ0) is 49.0. The van der Waals surface area contributed by atoms with Crippen LogP contribution < -0.4 is 0 Å². The molecule has 6 aromatic carbocycles. The van der Waals surface area contributed by atoms with Gasteiger partial charge in [0, 0.05) is 64.4 Å². The van der Waals surface area contributed by atoms with E-state index in [4.69, 9.17) is 83.8 Å². The third-order valence-corrected chi connectivity index (χ3v) is 13.7. The van der Waals surface area contributed by atoms with Crippen LogP contribution >= 0.6 is 69.6 Å². The highest BCUT2D eigenvalue weighted by Gasteiger charge is 2.60. The van der Waals surface area contributed by atoms with Gasteiger partial charge in [0.05, 0.1) is 21.2 Å². The summed E-state index contributed by atoms with van der Waals surface area (Å²) in [6, 6.07) is 38.1. The minimum Gasteiger partial charge on any atom is -0.487 e. The molecule has 4 atom stereocenters. The number of alkyl halides is 2. The summed E-state index contributed by atoms with van der Waals surface area (Å²) in [5, 5.41) is 28.8. The highest BCUT2D eigenvalue weighted by Crippen LogP contribution is 2.57. The van der Waals surface area contributed by atoms with Crippen LogP contribution in [0, 0.1) is 20.2 Å². The van der Waals surface area contributed by atoms with Crippen LogP contribution in [0.15, 0.2) is 169 Å². The molecule has 69 heavy (non-hydrogen) atoms. The summed E-state index contributed by atoms with van der Waals surface area (Å²) in [5.41, 5.74) is -4.36. The van der Waals surface area contributed by atoms with E-state index in [0.29, 0.717) is 0 Å². The van der Waals surface area contributed by atoms with E-state index in [9.17, 15) is 29.0 Å². The molecule has 8 rings (SSSR count). The molecular formula is C52H36Cl6F2N2O7. The van der Waals surface area contributed by atoms with Crippen molar-refractivity contribution in [2.24, 2.45) is 0 Å². The predicted molar refractivity (Wildman–Crippen MR) is 268 cm³/mol. The minimum atomic E-state index is -2.52.